The monoisotopic (exact) mass is 245 g/mol. The van der Waals surface area contributed by atoms with Crippen LogP contribution in [-0.2, 0) is 6.42 Å². The van der Waals surface area contributed by atoms with Crippen molar-refractivity contribution in [3.8, 4) is 0 Å². The molecule has 4 heteroatoms. The van der Waals surface area contributed by atoms with Gasteiger partial charge < -0.3 is 5.11 Å². The first-order valence-corrected chi connectivity index (χ1v) is 6.20. The van der Waals surface area contributed by atoms with Crippen LogP contribution in [0.1, 0.15) is 42.8 Å². The summed E-state index contributed by atoms with van der Waals surface area (Å²) < 4.78 is 1.90. The molecule has 1 unspecified atom stereocenters. The van der Waals surface area contributed by atoms with Crippen LogP contribution in [0.5, 0.6) is 0 Å². The van der Waals surface area contributed by atoms with Crippen LogP contribution in [0, 0.1) is 6.92 Å². The zero-order valence-electron chi connectivity index (χ0n) is 11.0. The van der Waals surface area contributed by atoms with Crippen molar-refractivity contribution < 1.29 is 5.11 Å². The quantitative estimate of drug-likeness (QED) is 0.900. The second-order valence-corrected chi connectivity index (χ2v) is 4.90. The van der Waals surface area contributed by atoms with E-state index in [1.165, 1.54) is 0 Å². The van der Waals surface area contributed by atoms with Crippen LogP contribution in [0.25, 0.3) is 0 Å². The molecule has 0 spiro atoms. The molecule has 0 amide bonds. The van der Waals surface area contributed by atoms with Gasteiger partial charge in [0, 0.05) is 31.1 Å². The van der Waals surface area contributed by atoms with Crippen LogP contribution in [0.3, 0.4) is 0 Å². The molecule has 2 rings (SSSR count). The molecule has 2 heterocycles. The van der Waals surface area contributed by atoms with Crippen molar-refractivity contribution in [2.45, 2.75) is 39.3 Å². The lowest BCUT2D eigenvalue weighted by atomic mass is 10.1. The summed E-state index contributed by atoms with van der Waals surface area (Å²) in [6.45, 7) is 6.13. The normalized spacial score (nSPS) is 12.9. The highest BCUT2D eigenvalue weighted by molar-refractivity contribution is 5.20. The largest absolute Gasteiger partial charge is 0.388 e. The highest BCUT2D eigenvalue weighted by Crippen LogP contribution is 2.18. The fourth-order valence-electron chi connectivity index (χ4n) is 1.85. The van der Waals surface area contributed by atoms with E-state index in [1.54, 1.807) is 12.4 Å². The number of aromatic nitrogens is 3. The highest BCUT2D eigenvalue weighted by Gasteiger charge is 2.11. The van der Waals surface area contributed by atoms with Crippen LogP contribution in [0.2, 0.25) is 0 Å². The molecule has 4 nitrogen and oxygen atoms in total. The van der Waals surface area contributed by atoms with Gasteiger partial charge in [0.05, 0.1) is 11.8 Å². The van der Waals surface area contributed by atoms with Gasteiger partial charge in [0.1, 0.15) is 0 Å². The average molecular weight is 245 g/mol. The maximum absolute atomic E-state index is 10.2. The molecule has 0 saturated heterocycles. The van der Waals surface area contributed by atoms with Gasteiger partial charge in [-0.05, 0) is 38.0 Å². The molecule has 0 bridgehead atoms. The molecule has 0 saturated carbocycles. The van der Waals surface area contributed by atoms with Crippen molar-refractivity contribution in [1.82, 2.24) is 14.8 Å². The number of hydrogen-bond donors (Lipinski definition) is 1. The molecule has 96 valence electrons. The van der Waals surface area contributed by atoms with E-state index in [1.807, 2.05) is 29.9 Å². The summed E-state index contributed by atoms with van der Waals surface area (Å²) in [6.07, 6.45) is 5.40. The van der Waals surface area contributed by atoms with Crippen molar-refractivity contribution in [3.05, 3.63) is 47.5 Å². The van der Waals surface area contributed by atoms with Gasteiger partial charge in [-0.3, -0.25) is 9.67 Å². The fraction of sp³-hybridized carbons (Fsp3) is 0.429. The summed E-state index contributed by atoms with van der Waals surface area (Å²) in [5, 5.41) is 14.6. The third-order valence-electron chi connectivity index (χ3n) is 2.88. The Kier molecular flexibility index (Phi) is 3.77. The molecular formula is C14H19N3O. The van der Waals surface area contributed by atoms with Gasteiger partial charge in [-0.15, -0.1) is 0 Å². The predicted molar refractivity (Wildman–Crippen MR) is 70.2 cm³/mol. The van der Waals surface area contributed by atoms with Crippen molar-refractivity contribution in [3.63, 3.8) is 0 Å². The van der Waals surface area contributed by atoms with Gasteiger partial charge in [-0.1, -0.05) is 6.07 Å². The number of aliphatic hydroxyl groups is 1. The summed E-state index contributed by atoms with van der Waals surface area (Å²) >= 11 is 0. The molecule has 0 aliphatic carbocycles. The van der Waals surface area contributed by atoms with Gasteiger partial charge in [-0.25, -0.2) is 0 Å². The molecule has 0 fully saturated rings. The maximum Gasteiger partial charge on any atom is 0.0861 e. The number of nitrogens with zero attached hydrogens (tertiary/aromatic N) is 3. The Labute approximate surface area is 107 Å². The van der Waals surface area contributed by atoms with E-state index >= 15 is 0 Å². The molecule has 0 radical (unpaired) electrons. The van der Waals surface area contributed by atoms with E-state index in [2.05, 4.69) is 23.9 Å². The Hall–Kier alpha value is -1.68. The Balaban J connectivity index is 2.08. The average Bonchev–Trinajstić information content (AvgIpc) is 2.77. The Morgan fingerprint density at radius 1 is 1.33 bits per heavy atom. The lowest BCUT2D eigenvalue weighted by Crippen LogP contribution is -2.06. The summed E-state index contributed by atoms with van der Waals surface area (Å²) in [4.78, 5) is 4.09. The second-order valence-electron chi connectivity index (χ2n) is 4.90. The zero-order valence-corrected chi connectivity index (χ0v) is 11.0. The summed E-state index contributed by atoms with van der Waals surface area (Å²) in [5.41, 5.74) is 2.80. The van der Waals surface area contributed by atoms with Gasteiger partial charge in [0.15, 0.2) is 0 Å². The van der Waals surface area contributed by atoms with E-state index in [4.69, 9.17) is 0 Å². The van der Waals surface area contributed by atoms with Crippen LogP contribution < -0.4 is 0 Å². The first kappa shape index (κ1) is 12.8. The van der Waals surface area contributed by atoms with Gasteiger partial charge in [0.25, 0.3) is 0 Å². The minimum absolute atomic E-state index is 0.344. The molecule has 2 aromatic heterocycles. The fourth-order valence-corrected chi connectivity index (χ4v) is 1.85. The Bertz CT molecular complexity index is 519. The Morgan fingerprint density at radius 3 is 2.72 bits per heavy atom. The minimum atomic E-state index is -0.548. The summed E-state index contributed by atoms with van der Waals surface area (Å²) in [7, 11) is 0. The lowest BCUT2D eigenvalue weighted by Gasteiger charge is -2.09. The van der Waals surface area contributed by atoms with E-state index in [0.717, 1.165) is 16.8 Å². The molecule has 18 heavy (non-hydrogen) atoms. The first-order chi connectivity index (χ1) is 8.56. The SMILES string of the molecule is Cc1cncc(C(O)Cc2ccn(C(C)C)n2)c1. The third kappa shape index (κ3) is 2.96. The molecule has 2 aromatic rings. The summed E-state index contributed by atoms with van der Waals surface area (Å²) in [5.74, 6) is 0. The van der Waals surface area contributed by atoms with Crippen molar-refractivity contribution >= 4 is 0 Å². The maximum atomic E-state index is 10.2. The molecular weight excluding hydrogens is 226 g/mol. The smallest absolute Gasteiger partial charge is 0.0861 e. The lowest BCUT2D eigenvalue weighted by molar-refractivity contribution is 0.176. The minimum Gasteiger partial charge on any atom is -0.388 e. The van der Waals surface area contributed by atoms with E-state index in [9.17, 15) is 5.11 Å². The molecule has 0 aromatic carbocycles. The number of rotatable bonds is 4. The standard InChI is InChI=1S/C14H19N3O/c1-10(2)17-5-4-13(16-17)7-14(18)12-6-11(3)8-15-9-12/h4-6,8-10,14,18H,7H2,1-3H3. The van der Waals surface area contributed by atoms with Crippen LogP contribution in [0.4, 0.5) is 0 Å². The second kappa shape index (κ2) is 5.31. The first-order valence-electron chi connectivity index (χ1n) is 6.20. The molecule has 1 atom stereocenters. The van der Waals surface area contributed by atoms with E-state index < -0.39 is 6.10 Å². The molecule has 1 N–H and O–H groups in total. The number of aliphatic hydroxyl groups excluding tert-OH is 1. The van der Waals surface area contributed by atoms with Crippen molar-refractivity contribution in [2.24, 2.45) is 0 Å². The van der Waals surface area contributed by atoms with E-state index in [0.29, 0.717) is 12.5 Å². The summed E-state index contributed by atoms with van der Waals surface area (Å²) in [6, 6.07) is 4.25. The van der Waals surface area contributed by atoms with Crippen LogP contribution in [-0.4, -0.2) is 19.9 Å². The predicted octanol–water partition coefficient (Wildman–Crippen LogP) is 2.44. The molecule has 0 aliphatic heterocycles. The van der Waals surface area contributed by atoms with E-state index in [-0.39, 0.29) is 0 Å². The van der Waals surface area contributed by atoms with Crippen LogP contribution >= 0.6 is 0 Å². The number of pyridine rings is 1. The zero-order chi connectivity index (χ0) is 13.1. The third-order valence-corrected chi connectivity index (χ3v) is 2.88. The van der Waals surface area contributed by atoms with Gasteiger partial charge in [0.2, 0.25) is 0 Å². The van der Waals surface area contributed by atoms with Crippen molar-refractivity contribution in [2.75, 3.05) is 0 Å². The van der Waals surface area contributed by atoms with Crippen molar-refractivity contribution in [1.29, 1.82) is 0 Å². The van der Waals surface area contributed by atoms with Gasteiger partial charge in [-0.2, -0.15) is 5.10 Å². The number of aryl methyl sites for hydroxylation is 1. The molecule has 0 aliphatic rings. The van der Waals surface area contributed by atoms with Crippen LogP contribution in [0.15, 0.2) is 30.7 Å². The van der Waals surface area contributed by atoms with Gasteiger partial charge >= 0.3 is 0 Å². The highest BCUT2D eigenvalue weighted by atomic mass is 16.3. The topological polar surface area (TPSA) is 50.9 Å². The Morgan fingerprint density at radius 2 is 2.11 bits per heavy atom. The number of hydrogen-bond acceptors (Lipinski definition) is 3.